The van der Waals surface area contributed by atoms with Crippen molar-refractivity contribution < 1.29 is 9.53 Å². The molecule has 1 rings (SSSR count). The number of rotatable bonds is 4. The summed E-state index contributed by atoms with van der Waals surface area (Å²) >= 11 is 0. The fourth-order valence-electron chi connectivity index (χ4n) is 2.23. The van der Waals surface area contributed by atoms with Gasteiger partial charge >= 0.3 is 5.97 Å². The standard InChI is InChI=1S/C14H26O2/c1-14(2,3)10-7-11-16-13(15)12-8-5-4-6-9-12/h12H,4-11H2,1-3H3. The molecule has 1 fully saturated rings. The lowest BCUT2D eigenvalue weighted by atomic mass is 9.89. The third-order valence-corrected chi connectivity index (χ3v) is 3.25. The molecule has 0 unspecified atom stereocenters. The van der Waals surface area contributed by atoms with E-state index in [1.54, 1.807) is 0 Å². The molecular weight excluding hydrogens is 200 g/mol. The van der Waals surface area contributed by atoms with Crippen LogP contribution < -0.4 is 0 Å². The second-order valence-electron chi connectivity index (χ2n) is 6.17. The summed E-state index contributed by atoms with van der Waals surface area (Å²) in [6.45, 7) is 7.26. The first-order valence-electron chi connectivity index (χ1n) is 6.66. The highest BCUT2D eigenvalue weighted by Gasteiger charge is 2.22. The molecule has 0 N–H and O–H groups in total. The molecule has 1 aliphatic rings. The van der Waals surface area contributed by atoms with E-state index in [-0.39, 0.29) is 11.9 Å². The zero-order chi connectivity index (χ0) is 12.0. The van der Waals surface area contributed by atoms with Gasteiger partial charge in [-0.2, -0.15) is 0 Å². The Morgan fingerprint density at radius 2 is 1.81 bits per heavy atom. The Bertz CT molecular complexity index is 209. The molecule has 0 heterocycles. The quantitative estimate of drug-likeness (QED) is 0.536. The van der Waals surface area contributed by atoms with Crippen LogP contribution in [0.4, 0.5) is 0 Å². The fourth-order valence-corrected chi connectivity index (χ4v) is 2.23. The van der Waals surface area contributed by atoms with Gasteiger partial charge in [-0.25, -0.2) is 0 Å². The van der Waals surface area contributed by atoms with Crippen molar-refractivity contribution in [2.24, 2.45) is 11.3 Å². The molecule has 16 heavy (non-hydrogen) atoms. The van der Waals surface area contributed by atoms with Gasteiger partial charge in [0.2, 0.25) is 0 Å². The van der Waals surface area contributed by atoms with E-state index in [2.05, 4.69) is 20.8 Å². The highest BCUT2D eigenvalue weighted by Crippen LogP contribution is 2.25. The van der Waals surface area contributed by atoms with Gasteiger partial charge in [0.05, 0.1) is 12.5 Å². The third-order valence-electron chi connectivity index (χ3n) is 3.25. The van der Waals surface area contributed by atoms with E-state index in [0.29, 0.717) is 12.0 Å². The summed E-state index contributed by atoms with van der Waals surface area (Å²) in [6.07, 6.45) is 7.86. The van der Waals surface area contributed by atoms with E-state index in [9.17, 15) is 4.79 Å². The van der Waals surface area contributed by atoms with Gasteiger partial charge < -0.3 is 4.74 Å². The first-order chi connectivity index (χ1) is 7.49. The Morgan fingerprint density at radius 1 is 1.19 bits per heavy atom. The van der Waals surface area contributed by atoms with Gasteiger partial charge in [0.15, 0.2) is 0 Å². The average molecular weight is 226 g/mol. The molecule has 1 saturated carbocycles. The van der Waals surface area contributed by atoms with E-state index in [1.807, 2.05) is 0 Å². The Hall–Kier alpha value is -0.530. The van der Waals surface area contributed by atoms with Gasteiger partial charge in [0, 0.05) is 0 Å². The van der Waals surface area contributed by atoms with E-state index in [4.69, 9.17) is 4.74 Å². The van der Waals surface area contributed by atoms with Crippen molar-refractivity contribution in [1.29, 1.82) is 0 Å². The first-order valence-corrected chi connectivity index (χ1v) is 6.66. The molecule has 0 aromatic heterocycles. The highest BCUT2D eigenvalue weighted by atomic mass is 16.5. The van der Waals surface area contributed by atoms with Crippen LogP contribution >= 0.6 is 0 Å². The molecule has 94 valence electrons. The van der Waals surface area contributed by atoms with Crippen molar-refractivity contribution in [3.05, 3.63) is 0 Å². The van der Waals surface area contributed by atoms with Gasteiger partial charge in [-0.05, 0) is 31.1 Å². The second kappa shape index (κ2) is 6.27. The van der Waals surface area contributed by atoms with Crippen molar-refractivity contribution in [2.45, 2.75) is 65.7 Å². The van der Waals surface area contributed by atoms with Crippen molar-refractivity contribution in [3.63, 3.8) is 0 Å². The smallest absolute Gasteiger partial charge is 0.308 e. The lowest BCUT2D eigenvalue weighted by Gasteiger charge is -2.21. The zero-order valence-electron chi connectivity index (χ0n) is 11.1. The van der Waals surface area contributed by atoms with Crippen LogP contribution in [0.25, 0.3) is 0 Å². The summed E-state index contributed by atoms with van der Waals surface area (Å²) in [5, 5.41) is 0. The number of ether oxygens (including phenoxy) is 1. The number of hydrogen-bond donors (Lipinski definition) is 0. The van der Waals surface area contributed by atoms with Gasteiger partial charge in [-0.1, -0.05) is 40.0 Å². The predicted octanol–water partition coefficient (Wildman–Crippen LogP) is 3.94. The summed E-state index contributed by atoms with van der Waals surface area (Å²) in [5.41, 5.74) is 0.344. The molecular formula is C14H26O2. The maximum Gasteiger partial charge on any atom is 0.308 e. The number of esters is 1. The number of hydrogen-bond acceptors (Lipinski definition) is 2. The monoisotopic (exact) mass is 226 g/mol. The minimum Gasteiger partial charge on any atom is -0.465 e. The largest absolute Gasteiger partial charge is 0.465 e. The number of carbonyl (C=O) groups is 1. The number of carbonyl (C=O) groups excluding carboxylic acids is 1. The van der Waals surface area contributed by atoms with Gasteiger partial charge in [0.1, 0.15) is 0 Å². The molecule has 1 aliphatic carbocycles. The summed E-state index contributed by atoms with van der Waals surface area (Å²) in [6, 6.07) is 0. The van der Waals surface area contributed by atoms with Crippen LogP contribution in [0.3, 0.4) is 0 Å². The fraction of sp³-hybridized carbons (Fsp3) is 0.929. The second-order valence-corrected chi connectivity index (χ2v) is 6.17. The Morgan fingerprint density at radius 3 is 2.38 bits per heavy atom. The maximum absolute atomic E-state index is 11.7. The summed E-state index contributed by atoms with van der Waals surface area (Å²) < 4.78 is 5.34. The van der Waals surface area contributed by atoms with Gasteiger partial charge in [-0.3, -0.25) is 4.79 Å². The van der Waals surface area contributed by atoms with E-state index < -0.39 is 0 Å². The van der Waals surface area contributed by atoms with E-state index in [0.717, 1.165) is 25.7 Å². The van der Waals surface area contributed by atoms with Crippen LogP contribution in [0.1, 0.15) is 65.7 Å². The minimum atomic E-state index is 0.0496. The lowest BCUT2D eigenvalue weighted by Crippen LogP contribution is -2.21. The lowest BCUT2D eigenvalue weighted by molar-refractivity contribution is -0.149. The Balaban J connectivity index is 2.10. The van der Waals surface area contributed by atoms with E-state index in [1.165, 1.54) is 19.3 Å². The molecule has 0 radical (unpaired) electrons. The summed E-state index contributed by atoms with van der Waals surface area (Å²) in [5.74, 6) is 0.247. The van der Waals surface area contributed by atoms with Crippen LogP contribution in [0.5, 0.6) is 0 Å². The van der Waals surface area contributed by atoms with Gasteiger partial charge in [-0.15, -0.1) is 0 Å². The molecule has 0 amide bonds. The van der Waals surface area contributed by atoms with Crippen molar-refractivity contribution in [1.82, 2.24) is 0 Å². The van der Waals surface area contributed by atoms with Crippen molar-refractivity contribution in [2.75, 3.05) is 6.61 Å². The maximum atomic E-state index is 11.7. The van der Waals surface area contributed by atoms with Crippen LogP contribution in [0.2, 0.25) is 0 Å². The molecule has 0 aliphatic heterocycles. The molecule has 0 aromatic rings. The van der Waals surface area contributed by atoms with Crippen molar-refractivity contribution >= 4 is 5.97 Å². The van der Waals surface area contributed by atoms with Crippen molar-refractivity contribution in [3.8, 4) is 0 Å². The Kier molecular flexibility index (Phi) is 5.30. The molecule has 0 bridgehead atoms. The Labute approximate surface area is 99.8 Å². The van der Waals surface area contributed by atoms with Crippen LogP contribution in [0.15, 0.2) is 0 Å². The zero-order valence-corrected chi connectivity index (χ0v) is 11.1. The predicted molar refractivity (Wildman–Crippen MR) is 66.2 cm³/mol. The van der Waals surface area contributed by atoms with Crippen LogP contribution in [-0.4, -0.2) is 12.6 Å². The highest BCUT2D eigenvalue weighted by molar-refractivity contribution is 5.72. The molecule has 0 atom stereocenters. The van der Waals surface area contributed by atoms with Crippen LogP contribution in [-0.2, 0) is 9.53 Å². The molecule has 0 aromatic carbocycles. The molecule has 2 heteroatoms. The average Bonchev–Trinajstić information content (AvgIpc) is 2.24. The topological polar surface area (TPSA) is 26.3 Å². The molecule has 2 nitrogen and oxygen atoms in total. The minimum absolute atomic E-state index is 0.0496. The van der Waals surface area contributed by atoms with Crippen LogP contribution in [0, 0.1) is 11.3 Å². The van der Waals surface area contributed by atoms with E-state index >= 15 is 0 Å². The SMILES string of the molecule is CC(C)(C)CCCOC(=O)C1CCCCC1. The first kappa shape index (κ1) is 13.5. The third kappa shape index (κ3) is 5.53. The normalized spacial score (nSPS) is 18.4. The summed E-state index contributed by atoms with van der Waals surface area (Å²) in [7, 11) is 0. The molecule has 0 spiro atoms. The van der Waals surface area contributed by atoms with Gasteiger partial charge in [0.25, 0.3) is 0 Å². The summed E-state index contributed by atoms with van der Waals surface area (Å²) in [4.78, 5) is 11.7. The molecule has 0 saturated heterocycles.